The maximum Gasteiger partial charge on any atom is 0.193 e. The molecule has 1 heterocycles. The number of rotatable bonds is 3. The molecule has 0 saturated carbocycles. The summed E-state index contributed by atoms with van der Waals surface area (Å²) in [4.78, 5) is 3.29. The summed E-state index contributed by atoms with van der Waals surface area (Å²) in [7, 11) is 0. The van der Waals surface area contributed by atoms with Gasteiger partial charge in [-0.15, -0.1) is 0 Å². The average molecular weight is 212 g/mol. The number of alkyl halides is 1. The molecule has 0 aliphatic heterocycles. The Hall–Kier alpha value is -0.960. The maximum absolute atomic E-state index is 6.18. The van der Waals surface area contributed by atoms with Gasteiger partial charge in [0.25, 0.3) is 0 Å². The predicted molar refractivity (Wildman–Crippen MR) is 57.4 cm³/mol. The van der Waals surface area contributed by atoms with E-state index < -0.39 is 5.00 Å². The van der Waals surface area contributed by atoms with Crippen molar-refractivity contribution in [1.82, 2.24) is 4.98 Å². The Morgan fingerprint density at radius 2 is 2.14 bits per heavy atom. The zero-order valence-corrected chi connectivity index (χ0v) is 9.36. The summed E-state index contributed by atoms with van der Waals surface area (Å²) in [6.45, 7) is 5.69. The highest BCUT2D eigenvalue weighted by Gasteiger charge is 2.24. The minimum absolute atomic E-state index is 0.150. The Kier molecular flexibility index (Phi) is 3.58. The zero-order chi connectivity index (χ0) is 10.6. The van der Waals surface area contributed by atoms with Gasteiger partial charge >= 0.3 is 0 Å². The fourth-order valence-electron chi connectivity index (χ4n) is 0.908. The van der Waals surface area contributed by atoms with Gasteiger partial charge in [-0.25, -0.2) is 0 Å². The molecule has 0 radical (unpaired) electrons. The second-order valence-corrected chi connectivity index (χ2v) is 4.21. The predicted octanol–water partition coefficient (Wildman–Crippen LogP) is 3.35. The van der Waals surface area contributed by atoms with Gasteiger partial charge < -0.3 is 0 Å². The van der Waals surface area contributed by atoms with Crippen LogP contribution in [-0.4, -0.2) is 11.0 Å². The molecular weight excluding hydrogens is 198 g/mol. The van der Waals surface area contributed by atoms with Gasteiger partial charge in [-0.2, -0.15) is 10.2 Å². The van der Waals surface area contributed by atoms with Crippen LogP contribution in [0.4, 0.5) is 0 Å². The lowest BCUT2D eigenvalue weighted by Crippen LogP contribution is -2.12. The van der Waals surface area contributed by atoms with Crippen LogP contribution in [0.2, 0.25) is 0 Å². The minimum atomic E-state index is -0.856. The Morgan fingerprint density at radius 1 is 1.43 bits per heavy atom. The Bertz CT molecular complexity index is 306. The molecule has 0 saturated heterocycles. The van der Waals surface area contributed by atoms with Crippen LogP contribution >= 0.6 is 11.6 Å². The second kappa shape index (κ2) is 4.51. The molecule has 0 aliphatic rings. The molecule has 1 rings (SSSR count). The molecule has 1 aromatic heterocycles. The Morgan fingerprint density at radius 3 is 2.64 bits per heavy atom. The van der Waals surface area contributed by atoms with E-state index in [4.69, 9.17) is 11.6 Å². The van der Waals surface area contributed by atoms with Crippen molar-refractivity contribution in [1.29, 1.82) is 0 Å². The highest BCUT2D eigenvalue weighted by Crippen LogP contribution is 2.28. The van der Waals surface area contributed by atoms with Crippen LogP contribution in [-0.2, 0) is 5.00 Å². The molecule has 76 valence electrons. The van der Waals surface area contributed by atoms with Crippen LogP contribution in [0.3, 0.4) is 0 Å². The van der Waals surface area contributed by atoms with E-state index in [-0.39, 0.29) is 6.04 Å². The molecule has 0 N–H and O–H groups in total. The number of azo groups is 1. The molecule has 1 unspecified atom stereocenters. The summed E-state index contributed by atoms with van der Waals surface area (Å²) >= 11 is 6.18. The van der Waals surface area contributed by atoms with Crippen molar-refractivity contribution in [2.24, 2.45) is 10.2 Å². The fraction of sp³-hybridized carbons (Fsp3) is 0.500. The minimum Gasteiger partial charge on any atom is -0.257 e. The molecule has 1 aromatic rings. The van der Waals surface area contributed by atoms with Crippen molar-refractivity contribution in [2.75, 3.05) is 0 Å². The van der Waals surface area contributed by atoms with Crippen LogP contribution < -0.4 is 0 Å². The summed E-state index contributed by atoms with van der Waals surface area (Å²) in [5.41, 5.74) is 0.714. The van der Waals surface area contributed by atoms with Crippen molar-refractivity contribution >= 4 is 11.6 Å². The lowest BCUT2D eigenvalue weighted by molar-refractivity contribution is 0.603. The molecule has 4 heteroatoms. The van der Waals surface area contributed by atoms with E-state index in [0.717, 1.165) is 0 Å². The van der Waals surface area contributed by atoms with Crippen LogP contribution in [0.5, 0.6) is 0 Å². The summed E-state index contributed by atoms with van der Waals surface area (Å²) in [5.74, 6) is 0. The summed E-state index contributed by atoms with van der Waals surface area (Å²) in [5, 5.41) is 8.08. The van der Waals surface area contributed by atoms with E-state index in [2.05, 4.69) is 15.2 Å². The number of halogens is 1. The topological polar surface area (TPSA) is 37.6 Å². The highest BCUT2D eigenvalue weighted by atomic mass is 35.5. The van der Waals surface area contributed by atoms with Gasteiger partial charge in [0.1, 0.15) is 0 Å². The highest BCUT2D eigenvalue weighted by molar-refractivity contribution is 6.23. The Balaban J connectivity index is 2.86. The normalized spacial score (nSPS) is 16.1. The van der Waals surface area contributed by atoms with Gasteiger partial charge in [0, 0.05) is 6.20 Å². The molecule has 0 amide bonds. The van der Waals surface area contributed by atoms with Crippen LogP contribution in [0.25, 0.3) is 0 Å². The van der Waals surface area contributed by atoms with Gasteiger partial charge in [0.05, 0.1) is 11.7 Å². The number of pyridine rings is 1. The third-order valence-electron chi connectivity index (χ3n) is 1.61. The quantitative estimate of drug-likeness (QED) is 0.429. The first-order valence-electron chi connectivity index (χ1n) is 4.55. The molecule has 0 fully saturated rings. The van der Waals surface area contributed by atoms with Gasteiger partial charge in [0.15, 0.2) is 5.00 Å². The van der Waals surface area contributed by atoms with Gasteiger partial charge in [-0.3, -0.25) is 4.98 Å². The van der Waals surface area contributed by atoms with Crippen molar-refractivity contribution in [2.45, 2.75) is 31.8 Å². The molecule has 0 bridgehead atoms. The van der Waals surface area contributed by atoms with E-state index in [1.807, 2.05) is 32.0 Å². The molecule has 14 heavy (non-hydrogen) atoms. The molecule has 3 nitrogen and oxygen atoms in total. The number of hydrogen-bond donors (Lipinski definition) is 0. The largest absolute Gasteiger partial charge is 0.257 e. The summed E-state index contributed by atoms with van der Waals surface area (Å²) in [6, 6.07) is 5.72. The van der Waals surface area contributed by atoms with Crippen LogP contribution in [0, 0.1) is 0 Å². The molecule has 0 aliphatic carbocycles. The van der Waals surface area contributed by atoms with Crippen molar-refractivity contribution in [3.8, 4) is 0 Å². The number of hydrogen-bond acceptors (Lipinski definition) is 3. The maximum atomic E-state index is 6.18. The lowest BCUT2D eigenvalue weighted by atomic mass is 10.2. The third-order valence-corrected chi connectivity index (χ3v) is 1.88. The van der Waals surface area contributed by atoms with Gasteiger partial charge in [-0.05, 0) is 32.9 Å². The van der Waals surface area contributed by atoms with Crippen molar-refractivity contribution in [3.05, 3.63) is 30.1 Å². The van der Waals surface area contributed by atoms with E-state index in [1.54, 1.807) is 13.1 Å². The van der Waals surface area contributed by atoms with E-state index in [0.29, 0.717) is 5.69 Å². The summed E-state index contributed by atoms with van der Waals surface area (Å²) < 4.78 is 0. The molecule has 0 spiro atoms. The fourth-order valence-corrected chi connectivity index (χ4v) is 1.06. The molecular formula is C10H14ClN3. The van der Waals surface area contributed by atoms with E-state index >= 15 is 0 Å². The number of aromatic nitrogens is 1. The molecule has 0 aromatic carbocycles. The zero-order valence-electron chi connectivity index (χ0n) is 8.61. The van der Waals surface area contributed by atoms with Crippen molar-refractivity contribution < 1.29 is 0 Å². The van der Waals surface area contributed by atoms with E-state index in [9.17, 15) is 0 Å². The number of nitrogens with zero attached hydrogens (tertiary/aromatic N) is 3. The first kappa shape index (κ1) is 11.1. The van der Waals surface area contributed by atoms with Crippen LogP contribution in [0.1, 0.15) is 26.5 Å². The van der Waals surface area contributed by atoms with E-state index in [1.165, 1.54) is 0 Å². The average Bonchev–Trinajstić information content (AvgIpc) is 2.16. The van der Waals surface area contributed by atoms with Crippen molar-refractivity contribution in [3.63, 3.8) is 0 Å². The molecule has 1 atom stereocenters. The first-order chi connectivity index (χ1) is 6.52. The second-order valence-electron chi connectivity index (χ2n) is 3.48. The van der Waals surface area contributed by atoms with Gasteiger partial charge in [0.2, 0.25) is 0 Å². The van der Waals surface area contributed by atoms with Crippen LogP contribution in [0.15, 0.2) is 34.6 Å². The Labute approximate surface area is 89.2 Å². The SMILES string of the molecule is CC(C)N=NC(C)(Cl)c1ccccn1. The lowest BCUT2D eigenvalue weighted by Gasteiger charge is -2.14. The standard InChI is InChI=1S/C10H14ClN3/c1-8(2)13-14-10(3,11)9-6-4-5-7-12-9/h4-8H,1-3H3. The summed E-state index contributed by atoms with van der Waals surface area (Å²) in [6.07, 6.45) is 1.70. The monoisotopic (exact) mass is 211 g/mol. The first-order valence-corrected chi connectivity index (χ1v) is 4.92. The third kappa shape index (κ3) is 3.07. The van der Waals surface area contributed by atoms with Gasteiger partial charge in [-0.1, -0.05) is 17.7 Å². The smallest absolute Gasteiger partial charge is 0.193 e.